The first-order valence-corrected chi connectivity index (χ1v) is 4.44. The van der Waals surface area contributed by atoms with Crippen LogP contribution in [0.5, 0.6) is 0 Å². The summed E-state index contributed by atoms with van der Waals surface area (Å²) in [5.74, 6) is 2.83. The minimum atomic E-state index is 0. The second-order valence-electron chi connectivity index (χ2n) is 4.15. The molecule has 1 N–H and O–H groups in total. The summed E-state index contributed by atoms with van der Waals surface area (Å²) in [6.45, 7) is 16.2. The Labute approximate surface area is 117 Å². The summed E-state index contributed by atoms with van der Waals surface area (Å²) in [6, 6.07) is 0.0833. The van der Waals surface area contributed by atoms with Gasteiger partial charge in [-0.05, 0) is 0 Å². The molecule has 0 amide bonds. The van der Waals surface area contributed by atoms with Crippen molar-refractivity contribution < 1.29 is 38.3 Å². The summed E-state index contributed by atoms with van der Waals surface area (Å²) >= 11 is 0. The van der Waals surface area contributed by atoms with E-state index < -0.39 is 0 Å². The zero-order valence-electron chi connectivity index (χ0n) is 11.8. The Balaban J connectivity index is -0.0000000270. The van der Waals surface area contributed by atoms with Crippen LogP contribution in [0.15, 0.2) is 0 Å². The van der Waals surface area contributed by atoms with Gasteiger partial charge in [0.1, 0.15) is 0 Å². The van der Waals surface area contributed by atoms with Gasteiger partial charge in [0, 0.05) is 0 Å². The van der Waals surface area contributed by atoms with Crippen molar-refractivity contribution in [1.82, 2.24) is 0 Å². The number of nitrogens with one attached hydrogen (secondary N) is 1. The topological polar surface area (TPSA) is 23.8 Å². The molecule has 0 bridgehead atoms. The summed E-state index contributed by atoms with van der Waals surface area (Å²) in [5.41, 5.74) is 6.58. The monoisotopic (exact) mass is 243 g/mol. The van der Waals surface area contributed by atoms with Crippen LogP contribution in [0.2, 0.25) is 0 Å². The third-order valence-corrected chi connectivity index (χ3v) is 0. The molecule has 0 aromatic rings. The quantitative estimate of drug-likeness (QED) is 0.458. The van der Waals surface area contributed by atoms with E-state index in [1.165, 1.54) is 11.8 Å². The molecule has 0 spiro atoms. The Hall–Kier alpha value is 1.18. The van der Waals surface area contributed by atoms with Crippen molar-refractivity contribution in [2.45, 2.75) is 61.4 Å². The molecular formula is C11H26LiNZn. The van der Waals surface area contributed by atoms with E-state index in [0.29, 0.717) is 0 Å². The van der Waals surface area contributed by atoms with Gasteiger partial charge in [-0.1, -0.05) is 13.8 Å². The average Bonchev–Trinajstić information content (AvgIpc) is 1.54. The normalized spacial score (nSPS) is 7.71. The number of hydrogen-bond donors (Lipinski definition) is 0. The molecule has 0 aromatic heterocycles. The van der Waals surface area contributed by atoms with Gasteiger partial charge in [0.2, 0.25) is 0 Å². The molecule has 0 unspecified atom stereocenters. The van der Waals surface area contributed by atoms with E-state index in [-0.39, 0.29) is 44.4 Å². The maximum Gasteiger partial charge on any atom is 2.00 e. The molecule has 0 fully saturated rings. The van der Waals surface area contributed by atoms with Crippen molar-refractivity contribution in [3.05, 3.63) is 17.6 Å². The van der Waals surface area contributed by atoms with Gasteiger partial charge < -0.3 is 17.6 Å². The molecule has 14 heavy (non-hydrogen) atoms. The van der Waals surface area contributed by atoms with Crippen molar-refractivity contribution in [1.29, 1.82) is 0 Å². The predicted molar refractivity (Wildman–Crippen MR) is 60.0 cm³/mol. The first kappa shape index (κ1) is 29.5. The fourth-order valence-electron chi connectivity index (χ4n) is 0. The van der Waals surface area contributed by atoms with E-state index in [0.717, 1.165) is 0 Å². The van der Waals surface area contributed by atoms with Crippen LogP contribution in [0.25, 0.3) is 5.73 Å². The summed E-state index contributed by atoms with van der Waals surface area (Å²) in [7, 11) is 0. The molecule has 0 saturated heterocycles. The molecule has 0 atom stereocenters. The first-order valence-electron chi connectivity index (χ1n) is 4.44. The molecule has 0 heterocycles. The van der Waals surface area contributed by atoms with E-state index in [1.807, 2.05) is 13.8 Å². The van der Waals surface area contributed by atoms with Crippen LogP contribution in [0.3, 0.4) is 0 Å². The standard InChI is InChI=1S/2C4H9.C3H8N.Li.Zn/c2*1-4(2)3;1-3(2)4;;/h2*1-3H3;3-4H,1-2H3;;/q3*-1;+1;+2. The minimum absolute atomic E-state index is 0. The molecule has 0 rings (SSSR count). The van der Waals surface area contributed by atoms with E-state index in [4.69, 9.17) is 5.73 Å². The summed E-state index contributed by atoms with van der Waals surface area (Å²) in [5, 5.41) is 0. The van der Waals surface area contributed by atoms with Crippen molar-refractivity contribution >= 4 is 0 Å². The average molecular weight is 245 g/mol. The van der Waals surface area contributed by atoms with Crippen LogP contribution in [0.4, 0.5) is 0 Å². The maximum absolute atomic E-state index is 6.58. The van der Waals surface area contributed by atoms with E-state index in [2.05, 4.69) is 41.5 Å². The summed E-state index contributed by atoms with van der Waals surface area (Å²) in [4.78, 5) is 0. The molecule has 0 aliphatic rings. The Morgan fingerprint density at radius 2 is 0.786 bits per heavy atom. The van der Waals surface area contributed by atoms with Crippen molar-refractivity contribution in [3.8, 4) is 0 Å². The largest absolute Gasteiger partial charge is 2.00 e. The van der Waals surface area contributed by atoms with Gasteiger partial charge in [-0.25, -0.2) is 0 Å². The molecule has 1 nitrogen and oxygen atoms in total. The van der Waals surface area contributed by atoms with E-state index in [1.54, 1.807) is 0 Å². The van der Waals surface area contributed by atoms with Crippen molar-refractivity contribution in [2.24, 2.45) is 0 Å². The van der Waals surface area contributed by atoms with Gasteiger partial charge in [-0.2, -0.15) is 41.5 Å². The Bertz CT molecular complexity index is 43.8. The number of hydrogen-bond acceptors (Lipinski definition) is 0. The summed E-state index contributed by atoms with van der Waals surface area (Å²) in [6.07, 6.45) is 0. The zero-order valence-corrected chi connectivity index (χ0v) is 14.8. The van der Waals surface area contributed by atoms with Gasteiger partial charge >= 0.3 is 38.3 Å². The molecule has 78 valence electrons. The first-order chi connectivity index (χ1) is 5.20. The van der Waals surface area contributed by atoms with Gasteiger partial charge in [0.15, 0.2) is 0 Å². The van der Waals surface area contributed by atoms with Crippen molar-refractivity contribution in [3.63, 3.8) is 0 Å². The Morgan fingerprint density at radius 3 is 0.786 bits per heavy atom. The molecule has 0 radical (unpaired) electrons. The van der Waals surface area contributed by atoms with Crippen LogP contribution in [-0.2, 0) is 19.5 Å². The minimum Gasteiger partial charge on any atom is -0.675 e. The number of rotatable bonds is 0. The van der Waals surface area contributed by atoms with Crippen LogP contribution in [0, 0.1) is 11.8 Å². The third kappa shape index (κ3) is 1400. The summed E-state index contributed by atoms with van der Waals surface area (Å²) < 4.78 is 0. The molecule has 0 aliphatic carbocycles. The van der Waals surface area contributed by atoms with Crippen LogP contribution < -0.4 is 18.9 Å². The second-order valence-corrected chi connectivity index (χ2v) is 4.15. The third-order valence-electron chi connectivity index (χ3n) is 0. The SMILES string of the molecule is CC(C)[NH-].C[C-](C)C.C[C-](C)C.[Li+].[Zn+2]. The van der Waals surface area contributed by atoms with Gasteiger partial charge in [0.25, 0.3) is 0 Å². The molecular weight excluding hydrogens is 218 g/mol. The molecule has 0 aliphatic heterocycles. The van der Waals surface area contributed by atoms with Crippen LogP contribution >= 0.6 is 0 Å². The van der Waals surface area contributed by atoms with Crippen LogP contribution in [-0.4, -0.2) is 6.04 Å². The molecule has 0 aromatic carbocycles. The van der Waals surface area contributed by atoms with Gasteiger partial charge in [-0.15, -0.1) is 6.04 Å². The van der Waals surface area contributed by atoms with Crippen LogP contribution in [0.1, 0.15) is 55.4 Å². The van der Waals surface area contributed by atoms with Gasteiger partial charge in [-0.3, -0.25) is 0 Å². The molecule has 3 heteroatoms. The Kier molecular flexibility index (Phi) is 50.0. The maximum atomic E-state index is 6.58. The van der Waals surface area contributed by atoms with Crippen molar-refractivity contribution in [2.75, 3.05) is 0 Å². The fraction of sp³-hybridized carbons (Fsp3) is 0.818. The second kappa shape index (κ2) is 23.8. The van der Waals surface area contributed by atoms with E-state index in [9.17, 15) is 0 Å². The smallest absolute Gasteiger partial charge is 0.675 e. The fourth-order valence-corrected chi connectivity index (χ4v) is 0. The Morgan fingerprint density at radius 1 is 0.786 bits per heavy atom. The van der Waals surface area contributed by atoms with Gasteiger partial charge in [0.05, 0.1) is 0 Å². The predicted octanol–water partition coefficient (Wildman–Crippen LogP) is 1.69. The zero-order chi connectivity index (χ0) is 10.7. The molecule has 0 saturated carbocycles. The van der Waals surface area contributed by atoms with E-state index >= 15 is 0 Å².